The first-order valence-corrected chi connectivity index (χ1v) is 4.00. The Morgan fingerprint density at radius 3 is 2.70 bits per heavy atom. The highest BCUT2D eigenvalue weighted by Crippen LogP contribution is 2.23. The largest absolute Gasteiger partial charge is 0.354 e. The first kappa shape index (κ1) is 8.31. The maximum absolute atomic E-state index is 5.90. The molecule has 10 heavy (non-hydrogen) atoms. The third-order valence-corrected chi connectivity index (χ3v) is 2.17. The van der Waals surface area contributed by atoms with Crippen LogP contribution in [0.15, 0.2) is 0 Å². The highest BCUT2D eigenvalue weighted by Gasteiger charge is 2.27. The normalized spacial score (nSPS) is 41.7. The predicted molar refractivity (Wildman–Crippen MR) is 40.2 cm³/mol. The minimum atomic E-state index is -0.203. The van der Waals surface area contributed by atoms with Crippen LogP contribution in [0.2, 0.25) is 0 Å². The minimum absolute atomic E-state index is 0.0289. The lowest BCUT2D eigenvalue weighted by Gasteiger charge is -2.30. The molecule has 0 aromatic carbocycles. The quantitative estimate of drug-likeness (QED) is 0.550. The van der Waals surface area contributed by atoms with Crippen molar-refractivity contribution in [2.75, 3.05) is 7.11 Å². The van der Waals surface area contributed by atoms with Crippen LogP contribution in [0.3, 0.4) is 0 Å². The van der Waals surface area contributed by atoms with Crippen LogP contribution in [0.1, 0.15) is 19.8 Å². The summed E-state index contributed by atoms with van der Waals surface area (Å²) in [6.07, 6.45) is 2.11. The Bertz CT molecular complexity index is 108. The zero-order chi connectivity index (χ0) is 7.56. The Morgan fingerprint density at radius 1 is 1.50 bits per heavy atom. The zero-order valence-corrected chi connectivity index (χ0v) is 7.10. The lowest BCUT2D eigenvalue weighted by atomic mass is 10.1. The average Bonchev–Trinajstić information content (AvgIpc) is 1.94. The molecule has 1 heterocycles. The van der Waals surface area contributed by atoms with Gasteiger partial charge in [0.25, 0.3) is 0 Å². The summed E-state index contributed by atoms with van der Waals surface area (Å²) >= 11 is 5.90. The van der Waals surface area contributed by atoms with Crippen molar-refractivity contribution in [1.29, 1.82) is 0 Å². The molecule has 0 N–H and O–H groups in total. The van der Waals surface area contributed by atoms with Gasteiger partial charge in [0.1, 0.15) is 0 Å². The van der Waals surface area contributed by atoms with E-state index in [1.165, 1.54) is 0 Å². The van der Waals surface area contributed by atoms with Crippen molar-refractivity contribution < 1.29 is 9.47 Å². The van der Waals surface area contributed by atoms with Gasteiger partial charge in [-0.2, -0.15) is 0 Å². The zero-order valence-electron chi connectivity index (χ0n) is 6.34. The standard InChI is InChI=1S/C7H13ClO2/c1-5-3-4-6(8)7(9-2)10-5/h5-7H,3-4H2,1-2H3. The number of hydrogen-bond acceptors (Lipinski definition) is 2. The van der Waals surface area contributed by atoms with Gasteiger partial charge >= 0.3 is 0 Å². The van der Waals surface area contributed by atoms with Gasteiger partial charge in [-0.3, -0.25) is 0 Å². The van der Waals surface area contributed by atoms with Crippen LogP contribution in [-0.2, 0) is 9.47 Å². The van der Waals surface area contributed by atoms with E-state index >= 15 is 0 Å². The van der Waals surface area contributed by atoms with Gasteiger partial charge in [-0.15, -0.1) is 11.6 Å². The molecule has 1 rings (SSSR count). The Kier molecular flexibility index (Phi) is 2.96. The maximum Gasteiger partial charge on any atom is 0.173 e. The van der Waals surface area contributed by atoms with E-state index in [4.69, 9.17) is 21.1 Å². The van der Waals surface area contributed by atoms with Gasteiger partial charge in [-0.1, -0.05) is 0 Å². The number of hydrogen-bond donors (Lipinski definition) is 0. The number of halogens is 1. The fraction of sp³-hybridized carbons (Fsp3) is 1.00. The molecule has 60 valence electrons. The van der Waals surface area contributed by atoms with E-state index in [0.29, 0.717) is 6.10 Å². The average molecular weight is 165 g/mol. The molecule has 3 heteroatoms. The van der Waals surface area contributed by atoms with E-state index < -0.39 is 0 Å². The number of ether oxygens (including phenoxy) is 2. The Balaban J connectivity index is 2.38. The van der Waals surface area contributed by atoms with Crippen LogP contribution in [0.25, 0.3) is 0 Å². The molecule has 1 saturated heterocycles. The van der Waals surface area contributed by atoms with Gasteiger partial charge in [0.2, 0.25) is 0 Å². The molecule has 0 bridgehead atoms. The molecular weight excluding hydrogens is 152 g/mol. The Hall–Kier alpha value is 0.210. The maximum atomic E-state index is 5.90. The van der Waals surface area contributed by atoms with Crippen LogP contribution in [0.5, 0.6) is 0 Å². The van der Waals surface area contributed by atoms with Crippen molar-refractivity contribution in [1.82, 2.24) is 0 Å². The first-order valence-electron chi connectivity index (χ1n) is 3.56. The highest BCUT2D eigenvalue weighted by atomic mass is 35.5. The fourth-order valence-corrected chi connectivity index (χ4v) is 1.40. The summed E-state index contributed by atoms with van der Waals surface area (Å²) in [5.41, 5.74) is 0. The third kappa shape index (κ3) is 1.84. The van der Waals surface area contributed by atoms with Gasteiger partial charge in [-0.05, 0) is 19.8 Å². The molecule has 0 aromatic rings. The molecule has 1 aliphatic rings. The van der Waals surface area contributed by atoms with Gasteiger partial charge in [0.05, 0.1) is 11.5 Å². The topological polar surface area (TPSA) is 18.5 Å². The predicted octanol–water partition coefficient (Wildman–Crippen LogP) is 1.77. The molecular formula is C7H13ClO2. The number of alkyl halides is 1. The molecule has 3 atom stereocenters. The van der Waals surface area contributed by atoms with Crippen molar-refractivity contribution in [2.45, 2.75) is 37.5 Å². The lowest BCUT2D eigenvalue weighted by Crippen LogP contribution is -2.35. The highest BCUT2D eigenvalue weighted by molar-refractivity contribution is 6.20. The molecule has 0 amide bonds. The summed E-state index contributed by atoms with van der Waals surface area (Å²) in [5, 5.41) is 0.0289. The second kappa shape index (κ2) is 3.56. The Morgan fingerprint density at radius 2 is 2.20 bits per heavy atom. The number of methoxy groups -OCH3 is 1. The second-order valence-electron chi connectivity index (χ2n) is 2.64. The van der Waals surface area contributed by atoms with E-state index in [0.717, 1.165) is 12.8 Å². The first-order chi connectivity index (χ1) is 4.74. The van der Waals surface area contributed by atoms with Gasteiger partial charge in [-0.25, -0.2) is 0 Å². The van der Waals surface area contributed by atoms with E-state index in [1.807, 2.05) is 6.92 Å². The summed E-state index contributed by atoms with van der Waals surface area (Å²) in [6.45, 7) is 2.04. The smallest absolute Gasteiger partial charge is 0.173 e. The molecule has 0 radical (unpaired) electrons. The summed E-state index contributed by atoms with van der Waals surface area (Å²) in [7, 11) is 1.62. The fourth-order valence-electron chi connectivity index (χ4n) is 1.12. The van der Waals surface area contributed by atoms with E-state index in [9.17, 15) is 0 Å². The molecule has 2 nitrogen and oxygen atoms in total. The molecule has 0 aliphatic carbocycles. The van der Waals surface area contributed by atoms with Gasteiger partial charge < -0.3 is 9.47 Å². The molecule has 1 fully saturated rings. The van der Waals surface area contributed by atoms with E-state index in [-0.39, 0.29) is 11.7 Å². The van der Waals surface area contributed by atoms with Crippen molar-refractivity contribution in [2.24, 2.45) is 0 Å². The van der Waals surface area contributed by atoms with E-state index in [2.05, 4.69) is 0 Å². The molecule has 3 unspecified atom stereocenters. The molecule has 1 aliphatic heterocycles. The Labute approximate surface area is 66.5 Å². The van der Waals surface area contributed by atoms with Crippen LogP contribution in [0, 0.1) is 0 Å². The van der Waals surface area contributed by atoms with Crippen molar-refractivity contribution in [3.05, 3.63) is 0 Å². The van der Waals surface area contributed by atoms with Crippen molar-refractivity contribution in [3.8, 4) is 0 Å². The van der Waals surface area contributed by atoms with Crippen LogP contribution < -0.4 is 0 Å². The summed E-state index contributed by atoms with van der Waals surface area (Å²) in [4.78, 5) is 0. The summed E-state index contributed by atoms with van der Waals surface area (Å²) < 4.78 is 10.4. The van der Waals surface area contributed by atoms with Gasteiger partial charge in [0, 0.05) is 7.11 Å². The number of rotatable bonds is 1. The van der Waals surface area contributed by atoms with Crippen LogP contribution in [0.4, 0.5) is 0 Å². The van der Waals surface area contributed by atoms with E-state index in [1.54, 1.807) is 7.11 Å². The van der Waals surface area contributed by atoms with Crippen molar-refractivity contribution in [3.63, 3.8) is 0 Å². The van der Waals surface area contributed by atoms with Crippen LogP contribution in [-0.4, -0.2) is 24.9 Å². The second-order valence-corrected chi connectivity index (χ2v) is 3.20. The van der Waals surface area contributed by atoms with Crippen LogP contribution >= 0.6 is 11.6 Å². The summed E-state index contributed by atoms with van der Waals surface area (Å²) in [5.74, 6) is 0. The monoisotopic (exact) mass is 164 g/mol. The molecule has 0 spiro atoms. The lowest BCUT2D eigenvalue weighted by molar-refractivity contribution is -0.171. The molecule has 0 aromatic heterocycles. The third-order valence-electron chi connectivity index (χ3n) is 1.74. The SMILES string of the molecule is COC1OC(C)CCC1Cl. The molecule has 0 saturated carbocycles. The van der Waals surface area contributed by atoms with Crippen molar-refractivity contribution >= 4 is 11.6 Å². The van der Waals surface area contributed by atoms with Gasteiger partial charge in [0.15, 0.2) is 6.29 Å². The minimum Gasteiger partial charge on any atom is -0.354 e. The summed E-state index contributed by atoms with van der Waals surface area (Å²) in [6, 6.07) is 0.